The maximum Gasteiger partial charge on any atom is 0.253 e. The first-order valence-corrected chi connectivity index (χ1v) is 7.65. The summed E-state index contributed by atoms with van der Waals surface area (Å²) >= 11 is 0. The van der Waals surface area contributed by atoms with E-state index in [1.165, 1.54) is 0 Å². The molecule has 120 valence electrons. The van der Waals surface area contributed by atoms with Crippen molar-refractivity contribution >= 4 is 16.9 Å². The Labute approximate surface area is 137 Å². The number of H-pyrrole nitrogens is 1. The number of hydrogen-bond donors (Lipinski definition) is 2. The molecule has 1 aromatic carbocycles. The molecule has 1 amide bonds. The molecule has 0 bridgehead atoms. The lowest BCUT2D eigenvalue weighted by atomic mass is 9.98. The van der Waals surface area contributed by atoms with E-state index in [1.807, 2.05) is 12.1 Å². The third kappa shape index (κ3) is 2.11. The number of amides is 1. The number of aromatic nitrogens is 3. The molecule has 1 atom stereocenters. The van der Waals surface area contributed by atoms with Crippen molar-refractivity contribution in [3.8, 4) is 11.3 Å². The highest BCUT2D eigenvalue weighted by molar-refractivity contribution is 6.00. The molecular formula is C18H15FN4O. The Balaban J connectivity index is 1.94. The van der Waals surface area contributed by atoms with Crippen molar-refractivity contribution in [3.63, 3.8) is 0 Å². The highest BCUT2D eigenvalue weighted by Gasteiger charge is 2.26. The highest BCUT2D eigenvalue weighted by Crippen LogP contribution is 2.32. The quantitative estimate of drug-likeness (QED) is 0.712. The zero-order valence-electron chi connectivity index (χ0n) is 13.1. The lowest BCUT2D eigenvalue weighted by Crippen LogP contribution is -2.33. The van der Waals surface area contributed by atoms with Gasteiger partial charge in [-0.1, -0.05) is 18.2 Å². The van der Waals surface area contributed by atoms with Gasteiger partial charge in [0, 0.05) is 29.4 Å². The van der Waals surface area contributed by atoms with Crippen LogP contribution in [0.5, 0.6) is 0 Å². The largest absolute Gasteiger partial charge is 0.357 e. The van der Waals surface area contributed by atoms with E-state index >= 15 is 0 Å². The summed E-state index contributed by atoms with van der Waals surface area (Å²) in [7, 11) is 0. The van der Waals surface area contributed by atoms with Crippen molar-refractivity contribution in [2.75, 3.05) is 6.54 Å². The number of aromatic amines is 1. The second kappa shape index (κ2) is 5.26. The monoisotopic (exact) mass is 322 g/mol. The van der Waals surface area contributed by atoms with Gasteiger partial charge < -0.3 is 10.3 Å². The van der Waals surface area contributed by atoms with Gasteiger partial charge in [0.1, 0.15) is 5.52 Å². The van der Waals surface area contributed by atoms with Gasteiger partial charge in [-0.2, -0.15) is 4.39 Å². The summed E-state index contributed by atoms with van der Waals surface area (Å²) in [6, 6.07) is 7.24. The van der Waals surface area contributed by atoms with Crippen molar-refractivity contribution in [3.05, 3.63) is 59.8 Å². The number of para-hydroxylation sites is 1. The standard InChI is InChI=1S/C18H15FN4O/c1-3-10-8-20-18(24)12-7-14(22-15(10)12)11-5-4-6-13-16(11)23-17(19)9(2)21-13/h3-7,10,22H,1,8H2,2H3,(H,20,24). The Morgan fingerprint density at radius 2 is 2.17 bits per heavy atom. The van der Waals surface area contributed by atoms with Crippen LogP contribution < -0.4 is 5.32 Å². The zero-order chi connectivity index (χ0) is 16.8. The number of carbonyl (C=O) groups is 1. The van der Waals surface area contributed by atoms with Crippen LogP contribution >= 0.6 is 0 Å². The molecule has 6 heteroatoms. The van der Waals surface area contributed by atoms with Gasteiger partial charge in [0.25, 0.3) is 5.91 Å². The summed E-state index contributed by atoms with van der Waals surface area (Å²) < 4.78 is 13.9. The topological polar surface area (TPSA) is 70.7 Å². The van der Waals surface area contributed by atoms with Crippen LogP contribution in [-0.2, 0) is 0 Å². The first-order chi connectivity index (χ1) is 11.6. The molecule has 2 N–H and O–H groups in total. The molecule has 3 heterocycles. The molecule has 0 saturated heterocycles. The molecule has 0 radical (unpaired) electrons. The molecule has 1 aliphatic heterocycles. The van der Waals surface area contributed by atoms with Crippen molar-refractivity contribution in [1.29, 1.82) is 0 Å². The summed E-state index contributed by atoms with van der Waals surface area (Å²) in [6.07, 6.45) is 1.80. The molecular weight excluding hydrogens is 307 g/mol. The van der Waals surface area contributed by atoms with Gasteiger partial charge >= 0.3 is 0 Å². The molecule has 4 rings (SSSR count). The van der Waals surface area contributed by atoms with Crippen LogP contribution in [0.25, 0.3) is 22.3 Å². The fraction of sp³-hybridized carbons (Fsp3) is 0.167. The Bertz CT molecular complexity index is 992. The molecule has 1 unspecified atom stereocenters. The molecule has 0 aliphatic carbocycles. The van der Waals surface area contributed by atoms with E-state index in [1.54, 1.807) is 25.1 Å². The first kappa shape index (κ1) is 14.6. The molecule has 0 saturated carbocycles. The van der Waals surface area contributed by atoms with Crippen molar-refractivity contribution in [2.24, 2.45) is 0 Å². The fourth-order valence-corrected chi connectivity index (χ4v) is 3.06. The van der Waals surface area contributed by atoms with E-state index in [2.05, 4.69) is 26.8 Å². The number of nitrogens with one attached hydrogen (secondary N) is 2. The maximum absolute atomic E-state index is 13.9. The van der Waals surface area contributed by atoms with E-state index < -0.39 is 5.95 Å². The van der Waals surface area contributed by atoms with E-state index in [0.717, 1.165) is 5.69 Å². The van der Waals surface area contributed by atoms with Crippen LogP contribution in [0.1, 0.15) is 27.7 Å². The normalized spacial score (nSPS) is 16.8. The minimum absolute atomic E-state index is 0.0199. The molecule has 2 aromatic heterocycles. The Hall–Kier alpha value is -3.02. The molecule has 3 aromatic rings. The SMILES string of the molecule is C=CC1CNC(=O)c2cc(-c3cccc4nc(C)c(F)nc34)[nH]c21. The summed E-state index contributed by atoms with van der Waals surface area (Å²) in [5.41, 5.74) is 4.17. The van der Waals surface area contributed by atoms with Gasteiger partial charge in [-0.3, -0.25) is 4.79 Å². The smallest absolute Gasteiger partial charge is 0.253 e. The third-order valence-electron chi connectivity index (χ3n) is 4.33. The molecule has 0 fully saturated rings. The van der Waals surface area contributed by atoms with Gasteiger partial charge in [0.2, 0.25) is 5.95 Å². The molecule has 1 aliphatic rings. The summed E-state index contributed by atoms with van der Waals surface area (Å²) in [5.74, 6) is -0.696. The third-order valence-corrected chi connectivity index (χ3v) is 4.33. The maximum atomic E-state index is 13.9. The van der Waals surface area contributed by atoms with Crippen LogP contribution in [-0.4, -0.2) is 27.4 Å². The number of fused-ring (bicyclic) bond motifs is 2. The number of halogens is 1. The highest BCUT2D eigenvalue weighted by atomic mass is 19.1. The summed E-state index contributed by atoms with van der Waals surface area (Å²) in [5, 5.41) is 2.84. The minimum Gasteiger partial charge on any atom is -0.357 e. The number of aryl methyl sites for hydroxylation is 1. The molecule has 0 spiro atoms. The lowest BCUT2D eigenvalue weighted by molar-refractivity contribution is 0.0943. The number of hydrogen-bond acceptors (Lipinski definition) is 3. The average Bonchev–Trinajstić information content (AvgIpc) is 3.02. The zero-order valence-corrected chi connectivity index (χ0v) is 13.1. The fourth-order valence-electron chi connectivity index (χ4n) is 3.06. The van der Waals surface area contributed by atoms with E-state index in [0.29, 0.717) is 34.4 Å². The predicted octanol–water partition coefficient (Wildman–Crippen LogP) is 3.09. The van der Waals surface area contributed by atoms with Crippen LogP contribution in [0.3, 0.4) is 0 Å². The van der Waals surface area contributed by atoms with Crippen molar-refractivity contribution in [1.82, 2.24) is 20.3 Å². The lowest BCUT2D eigenvalue weighted by Gasteiger charge is -2.19. The Morgan fingerprint density at radius 3 is 2.96 bits per heavy atom. The second-order valence-corrected chi connectivity index (χ2v) is 5.84. The molecule has 5 nitrogen and oxygen atoms in total. The Morgan fingerprint density at radius 1 is 1.33 bits per heavy atom. The van der Waals surface area contributed by atoms with Crippen LogP contribution in [0, 0.1) is 12.9 Å². The van der Waals surface area contributed by atoms with E-state index in [-0.39, 0.29) is 17.5 Å². The van der Waals surface area contributed by atoms with E-state index in [9.17, 15) is 9.18 Å². The van der Waals surface area contributed by atoms with Crippen molar-refractivity contribution < 1.29 is 9.18 Å². The van der Waals surface area contributed by atoms with Crippen LogP contribution in [0.2, 0.25) is 0 Å². The minimum atomic E-state index is -0.590. The van der Waals surface area contributed by atoms with Gasteiger partial charge in [0.15, 0.2) is 0 Å². The number of benzene rings is 1. The second-order valence-electron chi connectivity index (χ2n) is 5.84. The number of carbonyl (C=O) groups excluding carboxylic acids is 1. The predicted molar refractivity (Wildman–Crippen MR) is 89.3 cm³/mol. The number of rotatable bonds is 2. The summed E-state index contributed by atoms with van der Waals surface area (Å²) in [6.45, 7) is 5.91. The summed E-state index contributed by atoms with van der Waals surface area (Å²) in [4.78, 5) is 23.7. The van der Waals surface area contributed by atoms with Gasteiger partial charge in [-0.05, 0) is 19.1 Å². The average molecular weight is 322 g/mol. The van der Waals surface area contributed by atoms with Crippen molar-refractivity contribution in [2.45, 2.75) is 12.8 Å². The van der Waals surface area contributed by atoms with E-state index in [4.69, 9.17) is 0 Å². The molecule has 24 heavy (non-hydrogen) atoms. The van der Waals surface area contributed by atoms with Gasteiger partial charge in [0.05, 0.1) is 16.8 Å². The van der Waals surface area contributed by atoms with Gasteiger partial charge in [-0.15, -0.1) is 6.58 Å². The first-order valence-electron chi connectivity index (χ1n) is 7.65. The van der Waals surface area contributed by atoms with Crippen LogP contribution in [0.15, 0.2) is 36.9 Å². The van der Waals surface area contributed by atoms with Crippen LogP contribution in [0.4, 0.5) is 4.39 Å². The number of nitrogens with zero attached hydrogens (tertiary/aromatic N) is 2. The Kier molecular flexibility index (Phi) is 3.19. The van der Waals surface area contributed by atoms with Gasteiger partial charge in [-0.25, -0.2) is 9.97 Å².